The van der Waals surface area contributed by atoms with E-state index in [4.69, 9.17) is 16.3 Å². The van der Waals surface area contributed by atoms with Crippen molar-refractivity contribution in [3.05, 3.63) is 59.3 Å². The van der Waals surface area contributed by atoms with Crippen LogP contribution in [0.15, 0.2) is 48.5 Å². The first-order valence-corrected chi connectivity index (χ1v) is 6.89. The van der Waals surface area contributed by atoms with E-state index in [1.807, 2.05) is 31.2 Å². The molecule has 1 heterocycles. The van der Waals surface area contributed by atoms with Gasteiger partial charge in [-0.05, 0) is 42.8 Å². The molecular formula is C16H15ClN2O2. The molecule has 0 aliphatic carbocycles. The maximum atomic E-state index is 11.8. The van der Waals surface area contributed by atoms with E-state index in [2.05, 4.69) is 10.3 Å². The van der Waals surface area contributed by atoms with Gasteiger partial charge in [0.2, 0.25) is 5.91 Å². The molecule has 1 aromatic carbocycles. The minimum atomic E-state index is -0.265. The fourth-order valence-corrected chi connectivity index (χ4v) is 1.82. The monoisotopic (exact) mass is 302 g/mol. The zero-order valence-corrected chi connectivity index (χ0v) is 12.3. The summed E-state index contributed by atoms with van der Waals surface area (Å²) < 4.78 is 5.35. The minimum absolute atomic E-state index is 0.265. The van der Waals surface area contributed by atoms with E-state index >= 15 is 0 Å². The van der Waals surface area contributed by atoms with Crippen molar-refractivity contribution in [2.24, 2.45) is 0 Å². The highest BCUT2D eigenvalue weighted by molar-refractivity contribution is 6.29. The van der Waals surface area contributed by atoms with Crippen LogP contribution in [0.5, 0.6) is 5.75 Å². The normalized spacial score (nSPS) is 10.6. The molecule has 0 fully saturated rings. The van der Waals surface area contributed by atoms with E-state index in [9.17, 15) is 4.79 Å². The predicted octanol–water partition coefficient (Wildman–Crippen LogP) is 3.79. The number of benzene rings is 1. The Hall–Kier alpha value is -2.33. The summed E-state index contributed by atoms with van der Waals surface area (Å²) in [7, 11) is 0. The molecule has 4 nitrogen and oxygen atoms in total. The molecule has 0 saturated heterocycles. The fraction of sp³-hybridized carbons (Fsp3) is 0.125. The Kier molecular flexibility index (Phi) is 5.35. The van der Waals surface area contributed by atoms with Crippen molar-refractivity contribution in [2.45, 2.75) is 6.92 Å². The maximum Gasteiger partial charge on any atom is 0.249 e. The number of amides is 1. The molecule has 0 aliphatic heterocycles. The van der Waals surface area contributed by atoms with Gasteiger partial charge in [0.05, 0.1) is 6.61 Å². The lowest BCUT2D eigenvalue weighted by atomic mass is 10.2. The molecule has 1 N–H and O–H groups in total. The predicted molar refractivity (Wildman–Crippen MR) is 84.5 cm³/mol. The Balaban J connectivity index is 1.95. The van der Waals surface area contributed by atoms with Gasteiger partial charge in [0.1, 0.15) is 16.7 Å². The van der Waals surface area contributed by atoms with Gasteiger partial charge in [-0.15, -0.1) is 0 Å². The van der Waals surface area contributed by atoms with Crippen molar-refractivity contribution in [3.8, 4) is 5.75 Å². The van der Waals surface area contributed by atoms with Crippen molar-refractivity contribution in [2.75, 3.05) is 11.9 Å². The highest BCUT2D eigenvalue weighted by atomic mass is 35.5. The topological polar surface area (TPSA) is 51.2 Å². The molecule has 21 heavy (non-hydrogen) atoms. The van der Waals surface area contributed by atoms with Gasteiger partial charge in [0.25, 0.3) is 0 Å². The summed E-state index contributed by atoms with van der Waals surface area (Å²) in [5, 5.41) is 2.98. The van der Waals surface area contributed by atoms with Crippen molar-refractivity contribution >= 4 is 29.4 Å². The standard InChI is InChI=1S/C16H15ClN2O2/c1-2-21-13-9-6-12(7-10-13)8-11-16(20)19-15-5-3-4-14(17)18-15/h3-11H,2H2,1H3,(H,18,19,20)/b11-8+. The van der Waals surface area contributed by atoms with Crippen LogP contribution in [-0.2, 0) is 4.79 Å². The number of halogens is 1. The van der Waals surface area contributed by atoms with Gasteiger partial charge >= 0.3 is 0 Å². The summed E-state index contributed by atoms with van der Waals surface area (Å²) in [6, 6.07) is 12.5. The zero-order valence-electron chi connectivity index (χ0n) is 11.5. The van der Waals surface area contributed by atoms with Gasteiger partial charge in [-0.2, -0.15) is 0 Å². The molecule has 0 spiro atoms. The van der Waals surface area contributed by atoms with E-state index in [0.29, 0.717) is 17.6 Å². The van der Waals surface area contributed by atoms with Gasteiger partial charge < -0.3 is 10.1 Å². The van der Waals surface area contributed by atoms with Crippen molar-refractivity contribution in [1.82, 2.24) is 4.98 Å². The van der Waals surface area contributed by atoms with Gasteiger partial charge in [-0.1, -0.05) is 29.8 Å². The molecule has 1 amide bonds. The molecule has 1 aromatic heterocycles. The van der Waals surface area contributed by atoms with E-state index in [-0.39, 0.29) is 5.91 Å². The van der Waals surface area contributed by atoms with E-state index in [1.165, 1.54) is 6.08 Å². The third kappa shape index (κ3) is 4.93. The second-order valence-electron chi connectivity index (χ2n) is 4.17. The number of hydrogen-bond acceptors (Lipinski definition) is 3. The van der Waals surface area contributed by atoms with Gasteiger partial charge in [-0.3, -0.25) is 4.79 Å². The summed E-state index contributed by atoms with van der Waals surface area (Å²) in [6.45, 7) is 2.56. The van der Waals surface area contributed by atoms with Crippen LogP contribution >= 0.6 is 11.6 Å². The molecule has 2 rings (SSSR count). The number of aromatic nitrogens is 1. The summed E-state index contributed by atoms with van der Waals surface area (Å²) in [5.74, 6) is 0.963. The first-order valence-electron chi connectivity index (χ1n) is 6.52. The first-order chi connectivity index (χ1) is 10.2. The second-order valence-corrected chi connectivity index (χ2v) is 4.56. The molecule has 0 unspecified atom stereocenters. The highest BCUT2D eigenvalue weighted by Crippen LogP contribution is 2.13. The average Bonchev–Trinajstić information content (AvgIpc) is 2.47. The third-order valence-corrected chi connectivity index (χ3v) is 2.80. The van der Waals surface area contributed by atoms with E-state index in [1.54, 1.807) is 24.3 Å². The Labute approximate surface area is 128 Å². The van der Waals surface area contributed by atoms with Gasteiger partial charge in [0, 0.05) is 6.08 Å². The summed E-state index contributed by atoms with van der Waals surface area (Å²) in [6.07, 6.45) is 3.16. The average molecular weight is 303 g/mol. The number of nitrogens with one attached hydrogen (secondary N) is 1. The number of carbonyl (C=O) groups is 1. The Morgan fingerprint density at radius 3 is 2.71 bits per heavy atom. The van der Waals surface area contributed by atoms with Gasteiger partial charge in [0.15, 0.2) is 0 Å². The third-order valence-electron chi connectivity index (χ3n) is 2.58. The molecular weight excluding hydrogens is 288 g/mol. The lowest BCUT2D eigenvalue weighted by molar-refractivity contribution is -0.111. The van der Waals surface area contributed by atoms with Crippen LogP contribution in [0.25, 0.3) is 6.08 Å². The quantitative estimate of drug-likeness (QED) is 0.675. The van der Waals surface area contributed by atoms with Crippen LogP contribution in [0.3, 0.4) is 0 Å². The largest absolute Gasteiger partial charge is 0.494 e. The number of nitrogens with zero attached hydrogens (tertiary/aromatic N) is 1. The smallest absolute Gasteiger partial charge is 0.249 e. The molecule has 0 bridgehead atoms. The van der Waals surface area contributed by atoms with E-state index < -0.39 is 0 Å². The number of pyridine rings is 1. The number of hydrogen-bond donors (Lipinski definition) is 1. The van der Waals surface area contributed by atoms with Crippen molar-refractivity contribution < 1.29 is 9.53 Å². The van der Waals surface area contributed by atoms with Crippen LogP contribution in [-0.4, -0.2) is 17.5 Å². The SMILES string of the molecule is CCOc1ccc(/C=C/C(=O)Nc2cccc(Cl)n2)cc1. The van der Waals surface area contributed by atoms with Crippen LogP contribution in [0.4, 0.5) is 5.82 Å². The fourth-order valence-electron chi connectivity index (χ4n) is 1.66. The lowest BCUT2D eigenvalue weighted by Gasteiger charge is -2.02. The Morgan fingerprint density at radius 2 is 2.05 bits per heavy atom. The number of ether oxygens (including phenoxy) is 1. The van der Waals surface area contributed by atoms with Crippen molar-refractivity contribution in [3.63, 3.8) is 0 Å². The Bertz CT molecular complexity index is 639. The lowest BCUT2D eigenvalue weighted by Crippen LogP contribution is -2.08. The summed E-state index contributed by atoms with van der Waals surface area (Å²) in [5.41, 5.74) is 0.910. The number of carbonyl (C=O) groups excluding carboxylic acids is 1. The number of rotatable bonds is 5. The summed E-state index contributed by atoms with van der Waals surface area (Å²) >= 11 is 5.75. The molecule has 108 valence electrons. The molecule has 0 radical (unpaired) electrons. The molecule has 0 atom stereocenters. The molecule has 2 aromatic rings. The molecule has 0 aliphatic rings. The van der Waals surface area contributed by atoms with Crippen LogP contribution in [0.1, 0.15) is 12.5 Å². The van der Waals surface area contributed by atoms with Crippen LogP contribution in [0.2, 0.25) is 5.15 Å². The maximum absolute atomic E-state index is 11.8. The van der Waals surface area contributed by atoms with Crippen LogP contribution in [0, 0.1) is 0 Å². The van der Waals surface area contributed by atoms with Crippen molar-refractivity contribution in [1.29, 1.82) is 0 Å². The number of anilines is 1. The summed E-state index contributed by atoms with van der Waals surface area (Å²) in [4.78, 5) is 15.7. The van der Waals surface area contributed by atoms with Crippen LogP contribution < -0.4 is 10.1 Å². The van der Waals surface area contributed by atoms with Gasteiger partial charge in [-0.25, -0.2) is 4.98 Å². The van der Waals surface area contributed by atoms with E-state index in [0.717, 1.165) is 11.3 Å². The second kappa shape index (κ2) is 7.45. The Morgan fingerprint density at radius 1 is 1.29 bits per heavy atom. The molecule has 0 saturated carbocycles. The molecule has 5 heteroatoms. The minimum Gasteiger partial charge on any atom is -0.494 e. The highest BCUT2D eigenvalue weighted by Gasteiger charge is 1.99. The zero-order chi connectivity index (χ0) is 15.1. The first kappa shape index (κ1) is 15.1.